The summed E-state index contributed by atoms with van der Waals surface area (Å²) < 4.78 is 0. The lowest BCUT2D eigenvalue weighted by atomic mass is 10.1. The number of carbonyl (C=O) groups is 3. The largest absolute Gasteiger partial charge is 0.364 e. The Kier molecular flexibility index (Phi) is 5.37. The number of benzene rings is 1. The van der Waals surface area contributed by atoms with Crippen molar-refractivity contribution >= 4 is 29.4 Å². The van der Waals surface area contributed by atoms with Gasteiger partial charge in [0.1, 0.15) is 11.2 Å². The fourth-order valence-corrected chi connectivity index (χ4v) is 2.54. The van der Waals surface area contributed by atoms with E-state index in [4.69, 9.17) is 5.73 Å². The zero-order valence-corrected chi connectivity index (χ0v) is 12.5. The maximum Gasteiger partial charge on any atom is 0.277 e. The molecule has 2 aromatic rings. The Morgan fingerprint density at radius 1 is 1.32 bits per heavy atom. The second kappa shape index (κ2) is 7.46. The summed E-state index contributed by atoms with van der Waals surface area (Å²) in [5, 5.41) is 2.68. The van der Waals surface area contributed by atoms with Crippen molar-refractivity contribution in [2.24, 2.45) is 5.73 Å². The monoisotopic (exact) mass is 317 g/mol. The standard InChI is InChI=1S/C15H15N3O3S/c16-13(20)15-17-8-12(22-15)14(21)18-11(9-19)7-6-10-4-2-1-3-5-10/h1-5,8-9,11H,6-7H2,(H2,16,20)(H,18,21)/t11-/m0/s1. The third-order valence-corrected chi connectivity index (χ3v) is 4.02. The number of nitrogens with two attached hydrogens (primary N) is 1. The molecule has 1 aromatic heterocycles. The summed E-state index contributed by atoms with van der Waals surface area (Å²) in [5.74, 6) is -1.12. The Hall–Kier alpha value is -2.54. The zero-order chi connectivity index (χ0) is 15.9. The molecule has 3 N–H and O–H groups in total. The maximum absolute atomic E-state index is 12.0. The van der Waals surface area contributed by atoms with E-state index in [-0.39, 0.29) is 9.88 Å². The average molecular weight is 317 g/mol. The van der Waals surface area contributed by atoms with Crippen LogP contribution in [0.25, 0.3) is 0 Å². The van der Waals surface area contributed by atoms with Crippen LogP contribution in [0, 0.1) is 0 Å². The molecule has 0 saturated carbocycles. The van der Waals surface area contributed by atoms with Crippen LogP contribution in [0.15, 0.2) is 36.5 Å². The van der Waals surface area contributed by atoms with Crippen molar-refractivity contribution in [2.75, 3.05) is 0 Å². The van der Waals surface area contributed by atoms with Crippen molar-refractivity contribution in [3.8, 4) is 0 Å². The predicted molar refractivity (Wildman–Crippen MR) is 82.7 cm³/mol. The van der Waals surface area contributed by atoms with Gasteiger partial charge in [-0.25, -0.2) is 4.98 Å². The molecule has 0 bridgehead atoms. The Balaban J connectivity index is 1.92. The van der Waals surface area contributed by atoms with E-state index in [1.807, 2.05) is 30.3 Å². The number of amides is 2. The highest BCUT2D eigenvalue weighted by atomic mass is 32.1. The van der Waals surface area contributed by atoms with Crippen molar-refractivity contribution in [1.29, 1.82) is 0 Å². The number of nitrogens with one attached hydrogen (secondary N) is 1. The normalized spacial score (nSPS) is 11.6. The van der Waals surface area contributed by atoms with Crippen LogP contribution < -0.4 is 11.1 Å². The molecule has 6 nitrogen and oxygen atoms in total. The first kappa shape index (κ1) is 15.8. The Bertz CT molecular complexity index is 670. The highest BCUT2D eigenvalue weighted by Crippen LogP contribution is 2.12. The number of thiazole rings is 1. The minimum Gasteiger partial charge on any atom is -0.364 e. The number of nitrogens with zero attached hydrogens (tertiary/aromatic N) is 1. The number of hydrogen-bond acceptors (Lipinski definition) is 5. The molecule has 1 atom stereocenters. The van der Waals surface area contributed by atoms with Gasteiger partial charge in [-0.2, -0.15) is 0 Å². The predicted octanol–water partition coefficient (Wildman–Crippen LogP) is 1.17. The molecule has 0 radical (unpaired) electrons. The van der Waals surface area contributed by atoms with Crippen molar-refractivity contribution < 1.29 is 14.4 Å². The molecule has 0 aliphatic rings. The first-order chi connectivity index (χ1) is 10.6. The van der Waals surface area contributed by atoms with Gasteiger partial charge in [0.15, 0.2) is 5.01 Å². The van der Waals surface area contributed by atoms with Crippen LogP contribution in [-0.2, 0) is 11.2 Å². The van der Waals surface area contributed by atoms with E-state index in [1.54, 1.807) is 0 Å². The molecular formula is C15H15N3O3S. The molecule has 2 amide bonds. The molecule has 0 saturated heterocycles. The quantitative estimate of drug-likeness (QED) is 0.748. The van der Waals surface area contributed by atoms with E-state index in [2.05, 4.69) is 10.3 Å². The third kappa shape index (κ3) is 4.23. The van der Waals surface area contributed by atoms with Crippen LogP contribution >= 0.6 is 11.3 Å². The summed E-state index contributed by atoms with van der Waals surface area (Å²) >= 11 is 0.902. The summed E-state index contributed by atoms with van der Waals surface area (Å²) in [7, 11) is 0. The summed E-state index contributed by atoms with van der Waals surface area (Å²) in [6.45, 7) is 0. The molecule has 114 valence electrons. The first-order valence-electron chi connectivity index (χ1n) is 6.66. The Morgan fingerprint density at radius 3 is 2.64 bits per heavy atom. The Morgan fingerprint density at radius 2 is 2.05 bits per heavy atom. The third-order valence-electron chi connectivity index (χ3n) is 3.01. The van der Waals surface area contributed by atoms with Crippen molar-refractivity contribution in [2.45, 2.75) is 18.9 Å². The van der Waals surface area contributed by atoms with Crippen LogP contribution in [0.4, 0.5) is 0 Å². The van der Waals surface area contributed by atoms with Gasteiger partial charge in [-0.1, -0.05) is 30.3 Å². The second-order valence-corrected chi connectivity index (χ2v) is 5.66. The van der Waals surface area contributed by atoms with Gasteiger partial charge < -0.3 is 15.8 Å². The lowest BCUT2D eigenvalue weighted by Gasteiger charge is -2.11. The molecule has 0 aliphatic heterocycles. The fraction of sp³-hybridized carbons (Fsp3) is 0.200. The van der Waals surface area contributed by atoms with Gasteiger partial charge in [0, 0.05) is 0 Å². The van der Waals surface area contributed by atoms with Gasteiger partial charge in [-0.15, -0.1) is 11.3 Å². The molecule has 22 heavy (non-hydrogen) atoms. The first-order valence-corrected chi connectivity index (χ1v) is 7.47. The van der Waals surface area contributed by atoms with E-state index in [9.17, 15) is 14.4 Å². The molecule has 0 spiro atoms. The minimum atomic E-state index is -0.680. The molecule has 0 fully saturated rings. The molecule has 0 aliphatic carbocycles. The molecule has 1 heterocycles. The molecule has 1 aromatic carbocycles. The summed E-state index contributed by atoms with van der Waals surface area (Å²) in [6, 6.07) is 9.10. The summed E-state index contributed by atoms with van der Waals surface area (Å²) in [6.07, 6.45) is 3.16. The molecule has 7 heteroatoms. The van der Waals surface area contributed by atoms with Crippen LogP contribution in [0.1, 0.15) is 31.5 Å². The van der Waals surface area contributed by atoms with Gasteiger partial charge in [0.2, 0.25) is 0 Å². The number of rotatable bonds is 7. The number of aldehydes is 1. The topological polar surface area (TPSA) is 102 Å². The number of hydrogen-bond donors (Lipinski definition) is 2. The van der Waals surface area contributed by atoms with Crippen LogP contribution in [0.2, 0.25) is 0 Å². The van der Waals surface area contributed by atoms with Gasteiger partial charge in [-0.3, -0.25) is 9.59 Å². The number of carbonyl (C=O) groups excluding carboxylic acids is 3. The van der Waals surface area contributed by atoms with Crippen molar-refractivity contribution in [3.05, 3.63) is 52.0 Å². The minimum absolute atomic E-state index is 0.0667. The Labute approximate surface area is 131 Å². The molecule has 2 rings (SSSR count). The molecular weight excluding hydrogens is 302 g/mol. The van der Waals surface area contributed by atoms with E-state index < -0.39 is 17.9 Å². The van der Waals surface area contributed by atoms with Crippen LogP contribution in [0.5, 0.6) is 0 Å². The van der Waals surface area contributed by atoms with Crippen LogP contribution in [0.3, 0.4) is 0 Å². The average Bonchev–Trinajstić information content (AvgIpc) is 3.02. The number of primary amides is 1. The maximum atomic E-state index is 12.0. The lowest BCUT2D eigenvalue weighted by molar-refractivity contribution is -0.109. The number of aromatic nitrogens is 1. The molecule has 0 unspecified atom stereocenters. The van der Waals surface area contributed by atoms with E-state index in [0.717, 1.165) is 16.9 Å². The van der Waals surface area contributed by atoms with Crippen molar-refractivity contribution in [3.63, 3.8) is 0 Å². The van der Waals surface area contributed by atoms with Gasteiger partial charge >= 0.3 is 0 Å². The summed E-state index contributed by atoms with van der Waals surface area (Å²) in [4.78, 5) is 38.1. The zero-order valence-electron chi connectivity index (χ0n) is 11.7. The van der Waals surface area contributed by atoms with Gasteiger partial charge in [0.25, 0.3) is 11.8 Å². The number of aryl methyl sites for hydroxylation is 1. The fourth-order valence-electron chi connectivity index (χ4n) is 1.87. The highest BCUT2D eigenvalue weighted by molar-refractivity contribution is 7.15. The van der Waals surface area contributed by atoms with Crippen molar-refractivity contribution in [1.82, 2.24) is 10.3 Å². The van der Waals surface area contributed by atoms with E-state index in [1.165, 1.54) is 6.20 Å². The smallest absolute Gasteiger partial charge is 0.277 e. The van der Waals surface area contributed by atoms with E-state index in [0.29, 0.717) is 19.1 Å². The van der Waals surface area contributed by atoms with Crippen LogP contribution in [-0.4, -0.2) is 29.1 Å². The highest BCUT2D eigenvalue weighted by Gasteiger charge is 2.17. The SMILES string of the molecule is NC(=O)c1ncc(C(=O)N[C@H](C=O)CCc2ccccc2)s1. The van der Waals surface area contributed by atoms with Gasteiger partial charge in [-0.05, 0) is 18.4 Å². The second-order valence-electron chi connectivity index (χ2n) is 4.63. The lowest BCUT2D eigenvalue weighted by Crippen LogP contribution is -2.36. The van der Waals surface area contributed by atoms with Gasteiger partial charge in [0.05, 0.1) is 12.2 Å². The van der Waals surface area contributed by atoms with E-state index >= 15 is 0 Å². The summed E-state index contributed by atoms with van der Waals surface area (Å²) in [5.41, 5.74) is 6.18.